The van der Waals surface area contributed by atoms with Gasteiger partial charge in [0.2, 0.25) is 17.6 Å². The van der Waals surface area contributed by atoms with Crippen LogP contribution in [-0.4, -0.2) is 58.2 Å². The van der Waals surface area contributed by atoms with Gasteiger partial charge < -0.3 is 15.2 Å². The number of nitrogens with zero attached hydrogens (tertiary/aromatic N) is 1. The van der Waals surface area contributed by atoms with E-state index < -0.39 is 22.9 Å². The number of likely N-dealkylation sites (N-methyl/N-ethyl adjacent to an activating group) is 1. The minimum absolute atomic E-state index is 0.00565. The van der Waals surface area contributed by atoms with Crippen LogP contribution in [-0.2, 0) is 27.2 Å². The summed E-state index contributed by atoms with van der Waals surface area (Å²) < 4.78 is 0. The molecule has 2 N–H and O–H groups in total. The number of rotatable bonds is 7. The van der Waals surface area contributed by atoms with E-state index in [2.05, 4.69) is 10.3 Å². The van der Waals surface area contributed by atoms with Crippen LogP contribution in [0.2, 0.25) is 0 Å². The summed E-state index contributed by atoms with van der Waals surface area (Å²) in [6, 6.07) is 9.71. The van der Waals surface area contributed by atoms with Crippen molar-refractivity contribution in [2.75, 3.05) is 13.6 Å². The molecule has 1 atom stereocenters. The van der Waals surface area contributed by atoms with Gasteiger partial charge in [-0.05, 0) is 37.0 Å². The third-order valence-electron chi connectivity index (χ3n) is 6.58. The number of nitrogens with one attached hydrogen (secondary N) is 2. The first kappa shape index (κ1) is 22.4. The van der Waals surface area contributed by atoms with E-state index in [0.717, 1.165) is 11.6 Å². The number of ketones is 3. The van der Waals surface area contributed by atoms with Gasteiger partial charge in [0, 0.05) is 31.8 Å². The molecule has 0 bridgehead atoms. The molecule has 1 fully saturated rings. The van der Waals surface area contributed by atoms with E-state index in [0.29, 0.717) is 31.4 Å². The number of allylic oxidation sites excluding steroid dienone is 1. The molecule has 1 saturated heterocycles. The number of aryl methyl sites for hydroxylation is 1. The number of H-pyrrole nitrogens is 1. The zero-order valence-electron chi connectivity index (χ0n) is 18.6. The summed E-state index contributed by atoms with van der Waals surface area (Å²) in [7, 11) is 1.46. The molecule has 1 unspecified atom stereocenters. The van der Waals surface area contributed by atoms with E-state index in [1.165, 1.54) is 18.9 Å². The van der Waals surface area contributed by atoms with E-state index in [4.69, 9.17) is 0 Å². The number of benzene rings is 1. The Labute approximate surface area is 191 Å². The van der Waals surface area contributed by atoms with E-state index in [1.807, 2.05) is 30.3 Å². The number of hydrogen-bond acceptors (Lipinski definition) is 5. The Balaban J connectivity index is 1.45. The zero-order valence-corrected chi connectivity index (χ0v) is 18.6. The molecule has 1 aromatic carbocycles. The first-order valence-electron chi connectivity index (χ1n) is 10.9. The number of Topliss-reactive ketones (excluding diaryl/α,β-unsaturated/α-hetero) is 2. The van der Waals surface area contributed by atoms with Crippen LogP contribution >= 0.6 is 0 Å². The number of aromatic nitrogens is 1. The Morgan fingerprint density at radius 1 is 1.12 bits per heavy atom. The van der Waals surface area contributed by atoms with Crippen molar-refractivity contribution in [3.63, 3.8) is 0 Å². The van der Waals surface area contributed by atoms with Crippen LogP contribution < -0.4 is 5.32 Å². The molecule has 2 aromatic rings. The lowest BCUT2D eigenvalue weighted by molar-refractivity contribution is -0.128. The van der Waals surface area contributed by atoms with Gasteiger partial charge in [-0.15, -0.1) is 0 Å². The predicted molar refractivity (Wildman–Crippen MR) is 120 cm³/mol. The van der Waals surface area contributed by atoms with Crippen LogP contribution in [0.3, 0.4) is 0 Å². The van der Waals surface area contributed by atoms with Gasteiger partial charge in [0.1, 0.15) is 5.54 Å². The van der Waals surface area contributed by atoms with E-state index in [9.17, 15) is 24.0 Å². The maximum atomic E-state index is 13.4. The molecular formula is C25H25N3O5. The molecule has 1 aliphatic heterocycles. The molecule has 2 heterocycles. The normalized spacial score (nSPS) is 20.2. The van der Waals surface area contributed by atoms with Crippen molar-refractivity contribution in [3.05, 3.63) is 70.6 Å². The second kappa shape index (κ2) is 8.61. The quantitative estimate of drug-likeness (QED) is 0.628. The van der Waals surface area contributed by atoms with Crippen LogP contribution in [0.1, 0.15) is 51.7 Å². The smallest absolute Gasteiger partial charge is 0.230 e. The number of aromatic amines is 1. The van der Waals surface area contributed by atoms with Crippen molar-refractivity contribution in [3.8, 4) is 0 Å². The molecule has 8 nitrogen and oxygen atoms in total. The third-order valence-corrected chi connectivity index (χ3v) is 6.58. The standard InChI is InChI=1S/C25H25N3O5/c1-25(19(30)13-21(32)28(25)2)17-12-18(29)23-22(24(17)33)16(14-27-23)10-11-26-20(31)9-8-15-6-4-3-5-7-15/h3-7,12,14,27H,8-11,13H2,1-2H3,(H,26,31). The highest BCUT2D eigenvalue weighted by atomic mass is 16.2. The Bertz CT molecular complexity index is 1190. The van der Waals surface area contributed by atoms with Crippen LogP contribution in [0.4, 0.5) is 0 Å². The average molecular weight is 447 g/mol. The molecule has 0 saturated carbocycles. The Hall–Kier alpha value is -3.81. The third kappa shape index (κ3) is 3.92. The molecule has 0 radical (unpaired) electrons. The summed E-state index contributed by atoms with van der Waals surface area (Å²) in [6.07, 6.45) is 3.76. The summed E-state index contributed by atoms with van der Waals surface area (Å²) in [5.41, 5.74) is 0.567. The fourth-order valence-corrected chi connectivity index (χ4v) is 4.40. The minimum atomic E-state index is -1.47. The molecule has 0 spiro atoms. The highest BCUT2D eigenvalue weighted by Gasteiger charge is 2.53. The number of likely N-dealkylation sites (tertiary alicyclic amines) is 1. The van der Waals surface area contributed by atoms with Gasteiger partial charge in [0.05, 0.1) is 17.7 Å². The van der Waals surface area contributed by atoms with E-state index >= 15 is 0 Å². The lowest BCUT2D eigenvalue weighted by atomic mass is 9.78. The molecule has 170 valence electrons. The van der Waals surface area contributed by atoms with Gasteiger partial charge >= 0.3 is 0 Å². The summed E-state index contributed by atoms with van der Waals surface area (Å²) in [6.45, 7) is 1.80. The lowest BCUT2D eigenvalue weighted by Crippen LogP contribution is -2.49. The van der Waals surface area contributed by atoms with Crippen molar-refractivity contribution < 1.29 is 24.0 Å². The van der Waals surface area contributed by atoms with Gasteiger partial charge in [-0.1, -0.05) is 30.3 Å². The molecule has 1 aliphatic carbocycles. The van der Waals surface area contributed by atoms with Crippen LogP contribution in [0.5, 0.6) is 0 Å². The molecule has 2 aliphatic rings. The van der Waals surface area contributed by atoms with Gasteiger partial charge in [-0.25, -0.2) is 0 Å². The monoisotopic (exact) mass is 447 g/mol. The first-order chi connectivity index (χ1) is 15.7. The number of hydrogen-bond donors (Lipinski definition) is 2. The number of amides is 2. The zero-order chi connectivity index (χ0) is 23.8. The highest BCUT2D eigenvalue weighted by Crippen LogP contribution is 2.37. The number of fused-ring (bicyclic) bond motifs is 1. The van der Waals surface area contributed by atoms with Gasteiger partial charge in [0.25, 0.3) is 0 Å². The van der Waals surface area contributed by atoms with Gasteiger partial charge in [-0.2, -0.15) is 0 Å². The fourth-order valence-electron chi connectivity index (χ4n) is 4.40. The molecule has 33 heavy (non-hydrogen) atoms. The lowest BCUT2D eigenvalue weighted by Gasteiger charge is -2.33. The van der Waals surface area contributed by atoms with Crippen molar-refractivity contribution in [1.29, 1.82) is 0 Å². The number of carbonyl (C=O) groups excluding carboxylic acids is 5. The largest absolute Gasteiger partial charge is 0.358 e. The second-order valence-corrected chi connectivity index (χ2v) is 8.53. The summed E-state index contributed by atoms with van der Waals surface area (Å²) in [4.78, 5) is 67.0. The summed E-state index contributed by atoms with van der Waals surface area (Å²) >= 11 is 0. The Morgan fingerprint density at radius 2 is 1.85 bits per heavy atom. The van der Waals surface area contributed by atoms with E-state index in [1.54, 1.807) is 6.20 Å². The van der Waals surface area contributed by atoms with Gasteiger partial charge in [0.15, 0.2) is 11.6 Å². The molecule has 8 heteroatoms. The summed E-state index contributed by atoms with van der Waals surface area (Å²) in [5.74, 6) is -1.76. The maximum Gasteiger partial charge on any atom is 0.230 e. The molecular weight excluding hydrogens is 422 g/mol. The summed E-state index contributed by atoms with van der Waals surface area (Å²) in [5, 5.41) is 2.85. The molecule has 4 rings (SSSR count). The van der Waals surface area contributed by atoms with Crippen molar-refractivity contribution in [2.45, 2.75) is 38.1 Å². The van der Waals surface area contributed by atoms with Crippen LogP contribution in [0.25, 0.3) is 0 Å². The van der Waals surface area contributed by atoms with Gasteiger partial charge in [-0.3, -0.25) is 24.0 Å². The van der Waals surface area contributed by atoms with Crippen molar-refractivity contribution >= 4 is 29.2 Å². The predicted octanol–water partition coefficient (Wildman–Crippen LogP) is 1.80. The SMILES string of the molecule is CN1C(=O)CC(=O)C1(C)C1=CC(=O)c2[nH]cc(CCNC(=O)CCc3ccccc3)c2C1=O. The van der Waals surface area contributed by atoms with Crippen LogP contribution in [0, 0.1) is 0 Å². The maximum absolute atomic E-state index is 13.4. The molecule has 2 amide bonds. The fraction of sp³-hybridized carbons (Fsp3) is 0.320. The Kier molecular flexibility index (Phi) is 5.84. The highest BCUT2D eigenvalue weighted by molar-refractivity contribution is 6.29. The average Bonchev–Trinajstić information content (AvgIpc) is 3.31. The topological polar surface area (TPSA) is 116 Å². The van der Waals surface area contributed by atoms with E-state index in [-0.39, 0.29) is 35.1 Å². The van der Waals surface area contributed by atoms with Crippen molar-refractivity contribution in [1.82, 2.24) is 15.2 Å². The Morgan fingerprint density at radius 3 is 2.52 bits per heavy atom. The number of carbonyl (C=O) groups is 5. The minimum Gasteiger partial charge on any atom is -0.358 e. The van der Waals surface area contributed by atoms with Crippen molar-refractivity contribution in [2.24, 2.45) is 0 Å². The van der Waals surface area contributed by atoms with Crippen LogP contribution in [0.15, 0.2) is 48.2 Å². The molecule has 1 aromatic heterocycles. The first-order valence-corrected chi connectivity index (χ1v) is 10.9. The second-order valence-electron chi connectivity index (χ2n) is 8.53.